The smallest absolute Gasteiger partial charge is 0.346 e. The van der Waals surface area contributed by atoms with Crippen molar-refractivity contribution in [3.63, 3.8) is 0 Å². The van der Waals surface area contributed by atoms with E-state index in [1.54, 1.807) is 12.5 Å². The van der Waals surface area contributed by atoms with Gasteiger partial charge in [0.25, 0.3) is 0 Å². The Hall–Kier alpha value is -2.78. The lowest BCUT2D eigenvalue weighted by Gasteiger charge is -2.22. The van der Waals surface area contributed by atoms with Crippen molar-refractivity contribution in [3.8, 4) is 0 Å². The predicted molar refractivity (Wildman–Crippen MR) is 93.3 cm³/mol. The number of pyridine rings is 1. The third-order valence-corrected chi connectivity index (χ3v) is 5.01. The van der Waals surface area contributed by atoms with Crippen LogP contribution >= 0.6 is 0 Å². The van der Waals surface area contributed by atoms with Gasteiger partial charge in [0.15, 0.2) is 0 Å². The molecule has 1 aliphatic rings. The van der Waals surface area contributed by atoms with E-state index in [2.05, 4.69) is 24.8 Å². The molecular weight excluding hydrogens is 361 g/mol. The number of H-pyrrole nitrogens is 1. The summed E-state index contributed by atoms with van der Waals surface area (Å²) in [5.74, 6) is 0. The molecule has 7 nitrogen and oxygen atoms in total. The molecule has 2 atom stereocenters. The number of carbonyl (C=O) groups is 1. The van der Waals surface area contributed by atoms with Crippen molar-refractivity contribution in [2.75, 3.05) is 13.6 Å². The molecule has 3 aromatic heterocycles. The Morgan fingerprint density at radius 3 is 3.00 bits per heavy atom. The Morgan fingerprint density at radius 1 is 1.41 bits per heavy atom. The molecule has 27 heavy (non-hydrogen) atoms. The van der Waals surface area contributed by atoms with Crippen LogP contribution in [0.5, 0.6) is 0 Å². The molecule has 2 amide bonds. The number of hydrogen-bond donors (Lipinski definition) is 2. The Labute approximate surface area is 152 Å². The van der Waals surface area contributed by atoms with Gasteiger partial charge in [-0.15, -0.1) is 0 Å². The first kappa shape index (κ1) is 17.6. The van der Waals surface area contributed by atoms with E-state index < -0.39 is 18.8 Å². The van der Waals surface area contributed by atoms with Crippen molar-refractivity contribution in [1.29, 1.82) is 0 Å². The third-order valence-electron chi connectivity index (χ3n) is 5.01. The second-order valence-corrected chi connectivity index (χ2v) is 6.97. The fourth-order valence-electron chi connectivity index (χ4n) is 3.78. The van der Waals surface area contributed by atoms with E-state index in [1.807, 2.05) is 12.3 Å². The van der Waals surface area contributed by atoms with Gasteiger partial charge in [-0.1, -0.05) is 0 Å². The van der Waals surface area contributed by atoms with E-state index >= 15 is 0 Å². The van der Waals surface area contributed by atoms with E-state index in [-0.39, 0.29) is 12.1 Å². The lowest BCUT2D eigenvalue weighted by Crippen LogP contribution is -2.45. The minimum Gasteiger partial charge on any atom is -0.346 e. The van der Waals surface area contributed by atoms with Crippen LogP contribution in [-0.4, -0.2) is 56.3 Å². The average molecular weight is 380 g/mol. The van der Waals surface area contributed by atoms with E-state index in [9.17, 15) is 18.0 Å². The first-order valence-electron chi connectivity index (χ1n) is 8.69. The Balaban J connectivity index is 1.48. The molecule has 0 aromatic carbocycles. The second kappa shape index (κ2) is 6.43. The van der Waals surface area contributed by atoms with E-state index in [0.717, 1.165) is 35.5 Å². The molecule has 0 aliphatic heterocycles. The summed E-state index contributed by atoms with van der Waals surface area (Å²) in [6.07, 6.45) is 3.06. The molecule has 0 radical (unpaired) electrons. The van der Waals surface area contributed by atoms with Gasteiger partial charge in [-0.3, -0.25) is 0 Å². The van der Waals surface area contributed by atoms with Crippen LogP contribution in [0, 0.1) is 0 Å². The Bertz CT molecular complexity index is 978. The number of amides is 2. The van der Waals surface area contributed by atoms with Crippen LogP contribution in [0.15, 0.2) is 24.8 Å². The van der Waals surface area contributed by atoms with Crippen molar-refractivity contribution < 1.29 is 18.0 Å². The van der Waals surface area contributed by atoms with Crippen molar-refractivity contribution in [2.24, 2.45) is 0 Å². The SMILES string of the molecule is CN(CC(F)(F)F)C(=O)NC1CCC(n2cnc3cnc4[nH]ccc4c32)C1. The molecule has 4 rings (SSSR count). The van der Waals surface area contributed by atoms with Gasteiger partial charge in [0.2, 0.25) is 0 Å². The number of hydrogen-bond acceptors (Lipinski definition) is 3. The summed E-state index contributed by atoms with van der Waals surface area (Å²) in [5, 5.41) is 3.68. The molecule has 0 spiro atoms. The number of halogens is 3. The summed E-state index contributed by atoms with van der Waals surface area (Å²) in [6, 6.07) is 1.20. The highest BCUT2D eigenvalue weighted by Gasteiger charge is 2.33. The number of aromatic amines is 1. The van der Waals surface area contributed by atoms with Gasteiger partial charge in [-0.25, -0.2) is 14.8 Å². The van der Waals surface area contributed by atoms with Crippen LogP contribution in [0.25, 0.3) is 22.1 Å². The number of imidazole rings is 1. The number of nitrogens with zero attached hydrogens (tertiary/aromatic N) is 4. The first-order valence-corrected chi connectivity index (χ1v) is 8.69. The van der Waals surface area contributed by atoms with Crippen molar-refractivity contribution >= 4 is 28.1 Å². The number of aromatic nitrogens is 4. The molecule has 1 saturated carbocycles. The lowest BCUT2D eigenvalue weighted by atomic mass is 10.2. The maximum Gasteiger partial charge on any atom is 0.406 e. The summed E-state index contributed by atoms with van der Waals surface area (Å²) in [6.45, 7) is -1.26. The highest BCUT2D eigenvalue weighted by atomic mass is 19.4. The summed E-state index contributed by atoms with van der Waals surface area (Å²) in [7, 11) is 1.15. The molecule has 1 fully saturated rings. The van der Waals surface area contributed by atoms with Gasteiger partial charge >= 0.3 is 12.2 Å². The molecule has 144 valence electrons. The van der Waals surface area contributed by atoms with Crippen LogP contribution in [0.2, 0.25) is 0 Å². The number of rotatable bonds is 3. The van der Waals surface area contributed by atoms with Crippen LogP contribution in [0.1, 0.15) is 25.3 Å². The molecule has 0 saturated heterocycles. The molecule has 10 heteroatoms. The fourth-order valence-corrected chi connectivity index (χ4v) is 3.78. The number of fused-ring (bicyclic) bond motifs is 3. The zero-order valence-electron chi connectivity index (χ0n) is 14.6. The number of carbonyl (C=O) groups excluding carboxylic acids is 1. The highest BCUT2D eigenvalue weighted by molar-refractivity contribution is 6.00. The molecule has 3 heterocycles. The van der Waals surface area contributed by atoms with Gasteiger partial charge in [0, 0.05) is 30.7 Å². The molecular formula is C17H19F3N6O. The quantitative estimate of drug-likeness (QED) is 0.732. The van der Waals surface area contributed by atoms with Crippen LogP contribution in [-0.2, 0) is 0 Å². The zero-order valence-corrected chi connectivity index (χ0v) is 14.6. The monoisotopic (exact) mass is 380 g/mol. The van der Waals surface area contributed by atoms with Crippen LogP contribution in [0.3, 0.4) is 0 Å². The number of urea groups is 1. The lowest BCUT2D eigenvalue weighted by molar-refractivity contribution is -0.137. The average Bonchev–Trinajstić information content (AvgIpc) is 3.30. The van der Waals surface area contributed by atoms with Gasteiger partial charge in [0.1, 0.15) is 17.7 Å². The van der Waals surface area contributed by atoms with Crippen LogP contribution in [0.4, 0.5) is 18.0 Å². The summed E-state index contributed by atoms with van der Waals surface area (Å²) in [5.41, 5.74) is 2.55. The molecule has 0 bridgehead atoms. The van der Waals surface area contributed by atoms with E-state index in [4.69, 9.17) is 0 Å². The fraction of sp³-hybridized carbons (Fsp3) is 0.471. The van der Waals surface area contributed by atoms with Gasteiger partial charge in [-0.05, 0) is 25.3 Å². The van der Waals surface area contributed by atoms with Gasteiger partial charge < -0.3 is 19.8 Å². The first-order chi connectivity index (χ1) is 12.8. The van der Waals surface area contributed by atoms with Gasteiger partial charge in [-0.2, -0.15) is 13.2 Å². The maximum absolute atomic E-state index is 12.4. The topological polar surface area (TPSA) is 78.8 Å². The second-order valence-electron chi connectivity index (χ2n) is 6.97. The predicted octanol–water partition coefficient (Wildman–Crippen LogP) is 3.21. The Kier molecular flexibility index (Phi) is 4.20. The Morgan fingerprint density at radius 2 is 2.22 bits per heavy atom. The van der Waals surface area contributed by atoms with Crippen molar-refractivity contribution in [1.82, 2.24) is 29.7 Å². The summed E-state index contributed by atoms with van der Waals surface area (Å²) < 4.78 is 39.4. The largest absolute Gasteiger partial charge is 0.406 e. The minimum atomic E-state index is -4.41. The standard InChI is InChI=1S/C17H19F3N6O/c1-25(8-17(18,19)20)16(27)24-10-2-3-11(6-10)26-9-23-13-7-22-15-12(14(13)26)4-5-21-15/h4-5,7,9-11H,2-3,6,8H2,1H3,(H,21,22)(H,24,27). The van der Waals surface area contributed by atoms with Gasteiger partial charge in [0.05, 0.1) is 18.0 Å². The van der Waals surface area contributed by atoms with Crippen molar-refractivity contribution in [2.45, 2.75) is 37.5 Å². The maximum atomic E-state index is 12.4. The third kappa shape index (κ3) is 3.43. The number of nitrogens with one attached hydrogen (secondary N) is 2. The number of alkyl halides is 3. The minimum absolute atomic E-state index is 0.119. The molecule has 1 aliphatic carbocycles. The zero-order chi connectivity index (χ0) is 19.2. The molecule has 3 aromatic rings. The normalized spacial score (nSPS) is 20.4. The van der Waals surface area contributed by atoms with E-state index in [1.165, 1.54) is 0 Å². The molecule has 2 unspecified atom stereocenters. The summed E-state index contributed by atoms with van der Waals surface area (Å²) >= 11 is 0. The highest BCUT2D eigenvalue weighted by Crippen LogP contribution is 2.34. The summed E-state index contributed by atoms with van der Waals surface area (Å²) in [4.78, 5) is 24.5. The van der Waals surface area contributed by atoms with Crippen LogP contribution < -0.4 is 5.32 Å². The molecule has 2 N–H and O–H groups in total. The van der Waals surface area contributed by atoms with Crippen molar-refractivity contribution in [3.05, 3.63) is 24.8 Å². The van der Waals surface area contributed by atoms with E-state index in [0.29, 0.717) is 17.7 Å².